The van der Waals surface area contributed by atoms with Crippen molar-refractivity contribution in [3.63, 3.8) is 0 Å². The highest BCUT2D eigenvalue weighted by Gasteiger charge is 2.47. The normalized spacial score (nSPS) is 27.6. The molecule has 1 unspecified atom stereocenters. The second kappa shape index (κ2) is 13.1. The first-order valence-corrected chi connectivity index (χ1v) is 16.3. The van der Waals surface area contributed by atoms with Crippen molar-refractivity contribution in [3.8, 4) is 5.75 Å². The molecule has 7 nitrogen and oxygen atoms in total. The van der Waals surface area contributed by atoms with Gasteiger partial charge in [-0.1, -0.05) is 11.9 Å². The van der Waals surface area contributed by atoms with Crippen LogP contribution < -0.4 is 10.1 Å². The molecule has 1 aliphatic carbocycles. The van der Waals surface area contributed by atoms with Crippen molar-refractivity contribution >= 4 is 29.8 Å². The number of nitrogens with zero attached hydrogens (tertiary/aromatic N) is 2. The number of aryl methyl sites for hydroxylation is 2. The number of ether oxygens (including phenoxy) is 3. The number of rotatable bonds is 9. The fraction of sp³-hybridized carbons (Fsp3) is 0.688. The van der Waals surface area contributed by atoms with Crippen LogP contribution in [0.25, 0.3) is 6.08 Å². The van der Waals surface area contributed by atoms with Gasteiger partial charge in [-0.25, -0.2) is 4.31 Å². The standard InChI is InChI=1S/C32H44F3N3O4S/c1-21-17-25(40-19-26-20-41-30(3,4)42-26)18-22(2)27(21)10-16-43-38-14-12-31(13-15-38)29(39)36-28(37-31)24-7-5-23(6-8-24)9-11-32(33,34)35/h10,16-18,23-24,26H,5-9,11-15,19-20H2,1-4H3,(H,36,37,39)/b16-10+. The highest BCUT2D eigenvalue weighted by atomic mass is 32.2. The van der Waals surface area contributed by atoms with Gasteiger partial charge in [0.1, 0.15) is 29.8 Å². The second-order valence-corrected chi connectivity index (χ2v) is 13.9. The third-order valence-electron chi connectivity index (χ3n) is 9.13. The molecule has 0 aromatic heterocycles. The minimum atomic E-state index is -4.09. The van der Waals surface area contributed by atoms with E-state index in [1.807, 2.05) is 26.0 Å². The van der Waals surface area contributed by atoms with Gasteiger partial charge in [0.15, 0.2) is 5.79 Å². The van der Waals surface area contributed by atoms with Gasteiger partial charge in [0.25, 0.3) is 5.91 Å². The Labute approximate surface area is 257 Å². The van der Waals surface area contributed by atoms with Crippen LogP contribution in [0.4, 0.5) is 13.2 Å². The average Bonchev–Trinajstić information content (AvgIpc) is 3.46. The molecule has 11 heteroatoms. The smallest absolute Gasteiger partial charge is 0.389 e. The summed E-state index contributed by atoms with van der Waals surface area (Å²) in [7, 11) is 0. The summed E-state index contributed by atoms with van der Waals surface area (Å²) in [6, 6.07) is 4.10. The molecule has 1 aromatic carbocycles. The zero-order chi connectivity index (χ0) is 30.8. The molecule has 3 fully saturated rings. The van der Waals surface area contributed by atoms with Gasteiger partial charge in [0.05, 0.1) is 6.61 Å². The Morgan fingerprint density at radius 1 is 1.14 bits per heavy atom. The van der Waals surface area contributed by atoms with Crippen molar-refractivity contribution in [2.45, 2.75) is 103 Å². The number of hydrogen-bond donors (Lipinski definition) is 1. The van der Waals surface area contributed by atoms with Crippen molar-refractivity contribution in [2.24, 2.45) is 16.8 Å². The molecule has 1 saturated carbocycles. The maximum atomic E-state index is 13.0. The fourth-order valence-electron chi connectivity index (χ4n) is 6.63. The molecule has 1 amide bonds. The van der Waals surface area contributed by atoms with Crippen LogP contribution in [0.3, 0.4) is 0 Å². The van der Waals surface area contributed by atoms with E-state index in [9.17, 15) is 18.0 Å². The van der Waals surface area contributed by atoms with Gasteiger partial charge in [-0.3, -0.25) is 9.79 Å². The van der Waals surface area contributed by atoms with Crippen LogP contribution in [0.15, 0.2) is 22.5 Å². The molecule has 3 heterocycles. The Morgan fingerprint density at radius 2 is 1.81 bits per heavy atom. The first kappa shape index (κ1) is 32.3. The van der Waals surface area contributed by atoms with Gasteiger partial charge in [-0.2, -0.15) is 13.2 Å². The minimum Gasteiger partial charge on any atom is -0.491 e. The Kier molecular flexibility index (Phi) is 9.85. The van der Waals surface area contributed by atoms with Gasteiger partial charge in [0, 0.05) is 25.4 Å². The predicted octanol–water partition coefficient (Wildman–Crippen LogP) is 6.96. The molecule has 238 valence electrons. The maximum absolute atomic E-state index is 13.0. The molecule has 1 spiro atoms. The number of halogens is 3. The summed E-state index contributed by atoms with van der Waals surface area (Å²) in [5, 5.41) is 5.15. The highest BCUT2D eigenvalue weighted by Crippen LogP contribution is 2.39. The number of hydrogen-bond acceptors (Lipinski definition) is 7. The lowest BCUT2D eigenvalue weighted by Gasteiger charge is -2.34. The summed E-state index contributed by atoms with van der Waals surface area (Å²) in [5.74, 6) is 1.24. The topological polar surface area (TPSA) is 72.4 Å². The first-order valence-electron chi connectivity index (χ1n) is 15.4. The molecule has 3 aliphatic heterocycles. The van der Waals surface area contributed by atoms with Crippen molar-refractivity contribution in [3.05, 3.63) is 34.2 Å². The van der Waals surface area contributed by atoms with Crippen LogP contribution >= 0.6 is 11.9 Å². The number of aliphatic imine (C=N–C) groups is 1. The summed E-state index contributed by atoms with van der Waals surface area (Å²) in [6.07, 6.45) is 1.86. The van der Waals surface area contributed by atoms with E-state index >= 15 is 0 Å². The van der Waals surface area contributed by atoms with Crippen LogP contribution in [0.1, 0.15) is 81.9 Å². The van der Waals surface area contributed by atoms with Crippen molar-refractivity contribution in [1.29, 1.82) is 0 Å². The number of carbonyl (C=O) groups is 1. The molecular weight excluding hydrogens is 579 g/mol. The average molecular weight is 624 g/mol. The number of amides is 1. The van der Waals surface area contributed by atoms with E-state index in [2.05, 4.69) is 35.0 Å². The molecule has 1 aromatic rings. The molecule has 1 N–H and O–H groups in total. The third-order valence-corrected chi connectivity index (χ3v) is 10.1. The number of amidine groups is 1. The van der Waals surface area contributed by atoms with Gasteiger partial charge >= 0.3 is 6.18 Å². The Hall–Kier alpha value is -2.08. The van der Waals surface area contributed by atoms with Gasteiger partial charge in [-0.05, 0) is 119 Å². The zero-order valence-electron chi connectivity index (χ0n) is 25.6. The summed E-state index contributed by atoms with van der Waals surface area (Å²) in [6.45, 7) is 10.4. The first-order chi connectivity index (χ1) is 20.3. The molecule has 1 atom stereocenters. The monoisotopic (exact) mass is 623 g/mol. The molecule has 4 aliphatic rings. The number of alkyl halides is 3. The van der Waals surface area contributed by atoms with E-state index < -0.39 is 23.9 Å². The number of piperidine rings is 1. The summed E-state index contributed by atoms with van der Waals surface area (Å²) in [5.41, 5.74) is 2.71. The van der Waals surface area contributed by atoms with Crippen molar-refractivity contribution in [1.82, 2.24) is 9.62 Å². The van der Waals surface area contributed by atoms with Crippen LogP contribution in [0.5, 0.6) is 5.75 Å². The quantitative estimate of drug-likeness (QED) is 0.300. The van der Waals surface area contributed by atoms with Crippen LogP contribution in [-0.4, -0.2) is 66.0 Å². The van der Waals surface area contributed by atoms with Crippen molar-refractivity contribution < 1.29 is 32.2 Å². The van der Waals surface area contributed by atoms with Crippen LogP contribution in [0.2, 0.25) is 0 Å². The largest absolute Gasteiger partial charge is 0.491 e. The lowest BCUT2D eigenvalue weighted by atomic mass is 9.79. The van der Waals surface area contributed by atoms with Gasteiger partial charge in [0.2, 0.25) is 0 Å². The fourth-order valence-corrected chi connectivity index (χ4v) is 7.39. The van der Waals surface area contributed by atoms with E-state index in [-0.39, 0.29) is 30.3 Å². The summed E-state index contributed by atoms with van der Waals surface area (Å²) < 4.78 is 57.5. The molecule has 0 radical (unpaired) electrons. The summed E-state index contributed by atoms with van der Waals surface area (Å²) >= 11 is 1.65. The van der Waals surface area contributed by atoms with Crippen LogP contribution in [0, 0.1) is 25.7 Å². The SMILES string of the molecule is Cc1cc(OCC2COC(C)(C)O2)cc(C)c1/C=C/SN1CCC2(CC1)N=C(C1CCC(CCC(F)(F)F)CC1)NC2=O. The Morgan fingerprint density at radius 3 is 2.42 bits per heavy atom. The predicted molar refractivity (Wildman–Crippen MR) is 163 cm³/mol. The third kappa shape index (κ3) is 8.35. The Balaban J connectivity index is 1.08. The van der Waals surface area contributed by atoms with E-state index in [1.165, 1.54) is 0 Å². The summed E-state index contributed by atoms with van der Waals surface area (Å²) in [4.78, 5) is 18.0. The van der Waals surface area contributed by atoms with Crippen molar-refractivity contribution in [2.75, 3.05) is 26.3 Å². The lowest BCUT2D eigenvalue weighted by molar-refractivity contribution is -0.141. The molecule has 0 bridgehead atoms. The molecule has 2 saturated heterocycles. The van der Waals surface area contributed by atoms with E-state index in [1.54, 1.807) is 11.9 Å². The van der Waals surface area contributed by atoms with Gasteiger partial charge in [-0.15, -0.1) is 0 Å². The Bertz CT molecular complexity index is 1200. The molecular formula is C32H44F3N3O4S. The second-order valence-electron chi connectivity index (χ2n) is 12.9. The van der Waals surface area contributed by atoms with Crippen LogP contribution in [-0.2, 0) is 14.3 Å². The number of carbonyl (C=O) groups excluding carboxylic acids is 1. The maximum Gasteiger partial charge on any atom is 0.389 e. The minimum absolute atomic E-state index is 0.0221. The zero-order valence-corrected chi connectivity index (χ0v) is 26.4. The molecule has 5 rings (SSSR count). The number of nitrogens with one attached hydrogen (secondary N) is 1. The van der Waals surface area contributed by atoms with Gasteiger partial charge < -0.3 is 19.5 Å². The number of benzene rings is 1. The lowest BCUT2D eigenvalue weighted by Crippen LogP contribution is -2.47. The molecule has 43 heavy (non-hydrogen) atoms. The van der Waals surface area contributed by atoms with E-state index in [0.717, 1.165) is 67.0 Å². The van der Waals surface area contributed by atoms with E-state index in [0.29, 0.717) is 26.1 Å². The van der Waals surface area contributed by atoms with E-state index in [4.69, 9.17) is 19.2 Å². The highest BCUT2D eigenvalue weighted by molar-refractivity contribution is 8.00.